The molecule has 0 amide bonds. The topological polar surface area (TPSA) is 68.3 Å². The summed E-state index contributed by atoms with van der Waals surface area (Å²) in [5, 5.41) is -0.156. The van der Waals surface area contributed by atoms with Gasteiger partial charge in [-0.1, -0.05) is 112 Å². The fraction of sp³-hybridized carbons (Fsp3) is 0.100. The highest BCUT2D eigenvalue weighted by molar-refractivity contribution is 7.71. The molecule has 1 unspecified atom stereocenters. The monoisotopic (exact) mass is 683 g/mol. The molecule has 0 N–H and O–H groups in total. The Morgan fingerprint density at radius 1 is 0.561 bits per heavy atom. The van der Waals surface area contributed by atoms with Crippen LogP contribution in [0.15, 0.2) is 66.7 Å². The van der Waals surface area contributed by atoms with Crippen LogP contribution < -0.4 is 5.30 Å². The summed E-state index contributed by atoms with van der Waals surface area (Å²) < 4.78 is 14.0. The van der Waals surface area contributed by atoms with E-state index in [2.05, 4.69) is 0 Å². The lowest BCUT2D eigenvalue weighted by atomic mass is 9.88. The van der Waals surface area contributed by atoms with Gasteiger partial charge in [0.15, 0.2) is 5.78 Å². The second kappa shape index (κ2) is 13.4. The summed E-state index contributed by atoms with van der Waals surface area (Å²) in [5.41, 5.74) is -1.24. The lowest BCUT2D eigenvalue weighted by Crippen LogP contribution is -2.24. The molecule has 0 spiro atoms. The number of hydrogen-bond donors (Lipinski definition) is 0. The van der Waals surface area contributed by atoms with Crippen LogP contribution in [0.25, 0.3) is 0 Å². The van der Waals surface area contributed by atoms with E-state index in [1.54, 1.807) is 18.2 Å². The molecule has 1 atom stereocenters. The molecule has 4 nitrogen and oxygen atoms in total. The van der Waals surface area contributed by atoms with E-state index in [9.17, 15) is 18.9 Å². The van der Waals surface area contributed by atoms with Crippen LogP contribution in [0.1, 0.15) is 61.1 Å². The van der Waals surface area contributed by atoms with E-state index >= 15 is 0 Å². The first-order chi connectivity index (χ1) is 19.5. The van der Waals surface area contributed by atoms with E-state index < -0.39 is 24.9 Å². The minimum Gasteiger partial charge on any atom is -0.288 e. The predicted molar refractivity (Wildman–Crippen MR) is 168 cm³/mol. The van der Waals surface area contributed by atoms with Crippen molar-refractivity contribution < 1.29 is 18.9 Å². The predicted octanol–water partition coefficient (Wildman–Crippen LogP) is 10.3. The average molecular weight is 686 g/mol. The standard InChI is InChI=1S/C30H18Cl6O4P/c1-2-6-15-13-14-22(41(40)30(39)26-20(35)11-5-12-21(26)36)27(29(38)25-18(33)9-4-10-19(25)34)23(15)28(37)24-16(31)7-3-8-17(24)32/h3-5,7-14H,2,6H2,1H3/q+1. The second-order valence-electron chi connectivity index (χ2n) is 8.79. The summed E-state index contributed by atoms with van der Waals surface area (Å²) in [5.74, 6) is -1.49. The highest BCUT2D eigenvalue weighted by atomic mass is 35.5. The molecule has 41 heavy (non-hydrogen) atoms. The number of hydrogen-bond acceptors (Lipinski definition) is 4. The fourth-order valence-electron chi connectivity index (χ4n) is 4.36. The van der Waals surface area contributed by atoms with Gasteiger partial charge in [0.1, 0.15) is 5.56 Å². The van der Waals surface area contributed by atoms with Gasteiger partial charge in [-0.05, 0) is 54.4 Å². The quantitative estimate of drug-likeness (QED) is 0.130. The third-order valence-corrected chi connectivity index (χ3v) is 9.50. The summed E-state index contributed by atoms with van der Waals surface area (Å²) in [7, 11) is -3.04. The van der Waals surface area contributed by atoms with Crippen molar-refractivity contribution >= 4 is 99.8 Å². The van der Waals surface area contributed by atoms with Gasteiger partial charge in [-0.25, -0.2) is 4.79 Å². The highest BCUT2D eigenvalue weighted by Crippen LogP contribution is 2.39. The van der Waals surface area contributed by atoms with Crippen molar-refractivity contribution in [3.8, 4) is 0 Å². The molecule has 0 aliphatic heterocycles. The van der Waals surface area contributed by atoms with Crippen molar-refractivity contribution in [3.05, 3.63) is 130 Å². The molecule has 0 bridgehead atoms. The van der Waals surface area contributed by atoms with Gasteiger partial charge in [-0.15, -0.1) is 0 Å². The van der Waals surface area contributed by atoms with Crippen molar-refractivity contribution in [3.63, 3.8) is 0 Å². The smallest absolute Gasteiger partial charge is 0.288 e. The Hall–Kier alpha value is -2.27. The Bertz CT molecular complexity index is 1690. The van der Waals surface area contributed by atoms with E-state index in [4.69, 9.17) is 69.6 Å². The number of ketones is 2. The van der Waals surface area contributed by atoms with Crippen LogP contribution in [-0.4, -0.2) is 17.1 Å². The van der Waals surface area contributed by atoms with Crippen molar-refractivity contribution in [2.24, 2.45) is 0 Å². The molecule has 0 aliphatic rings. The first-order valence-corrected chi connectivity index (χ1v) is 15.6. The highest BCUT2D eigenvalue weighted by Gasteiger charge is 2.42. The largest absolute Gasteiger partial charge is 0.459 e. The Labute approximate surface area is 267 Å². The van der Waals surface area contributed by atoms with Crippen molar-refractivity contribution in [2.45, 2.75) is 19.8 Å². The lowest BCUT2D eigenvalue weighted by Gasteiger charge is -2.16. The average Bonchev–Trinajstić information content (AvgIpc) is 2.92. The zero-order chi connectivity index (χ0) is 30.0. The van der Waals surface area contributed by atoms with Gasteiger partial charge in [0.2, 0.25) is 11.1 Å². The van der Waals surface area contributed by atoms with Gasteiger partial charge >= 0.3 is 13.3 Å². The fourth-order valence-corrected chi connectivity index (χ4v) is 7.49. The maximum atomic E-state index is 14.3. The Balaban J connectivity index is 2.09. The molecule has 11 heteroatoms. The lowest BCUT2D eigenvalue weighted by molar-refractivity contribution is 0.100. The molecule has 0 fully saturated rings. The van der Waals surface area contributed by atoms with Gasteiger partial charge < -0.3 is 0 Å². The molecular weight excluding hydrogens is 668 g/mol. The number of benzene rings is 4. The number of aryl methyl sites for hydroxylation is 1. The van der Waals surface area contributed by atoms with Crippen molar-refractivity contribution in [2.75, 3.05) is 0 Å². The number of carbonyl (C=O) groups excluding carboxylic acids is 3. The van der Waals surface area contributed by atoms with Gasteiger partial charge in [-0.3, -0.25) is 9.59 Å². The molecule has 0 aliphatic carbocycles. The summed E-state index contributed by atoms with van der Waals surface area (Å²) in [6, 6.07) is 16.3. The zero-order valence-electron chi connectivity index (χ0n) is 21.1. The van der Waals surface area contributed by atoms with Crippen LogP contribution >= 0.6 is 77.4 Å². The summed E-state index contributed by atoms with van der Waals surface area (Å²) >= 11 is 38.1. The molecule has 4 aromatic rings. The Kier molecular flexibility index (Phi) is 10.3. The SMILES string of the molecule is CCCc1ccc([P+](=O)C(=O)c2c(Cl)cccc2Cl)c(C(=O)c2c(Cl)cccc2Cl)c1C(=O)c1c(Cl)cccc1Cl. The third kappa shape index (κ3) is 6.26. The maximum absolute atomic E-state index is 14.3. The van der Waals surface area contributed by atoms with Gasteiger partial charge in [0.25, 0.3) is 0 Å². The minimum absolute atomic E-state index is 0.000721. The van der Waals surface area contributed by atoms with E-state index in [1.807, 2.05) is 6.92 Å². The number of rotatable bonds is 9. The first kappa shape index (κ1) is 31.7. The second-order valence-corrected chi connectivity index (χ2v) is 12.7. The summed E-state index contributed by atoms with van der Waals surface area (Å²) in [4.78, 5) is 42.1. The molecule has 0 saturated carbocycles. The zero-order valence-corrected chi connectivity index (χ0v) is 26.5. The van der Waals surface area contributed by atoms with Crippen LogP contribution in [0.2, 0.25) is 30.1 Å². The van der Waals surface area contributed by atoms with Crippen molar-refractivity contribution in [1.82, 2.24) is 0 Å². The van der Waals surface area contributed by atoms with Crippen LogP contribution in [0.5, 0.6) is 0 Å². The maximum Gasteiger partial charge on any atom is 0.459 e. The van der Waals surface area contributed by atoms with Crippen LogP contribution in [0, 0.1) is 0 Å². The molecule has 4 aromatic carbocycles. The molecule has 0 radical (unpaired) electrons. The van der Waals surface area contributed by atoms with Gasteiger partial charge in [0, 0.05) is 5.56 Å². The first-order valence-electron chi connectivity index (χ1n) is 12.1. The van der Waals surface area contributed by atoms with E-state index in [1.165, 1.54) is 48.5 Å². The molecule has 0 aromatic heterocycles. The number of carbonyl (C=O) groups is 3. The van der Waals surface area contributed by atoms with E-state index in [0.717, 1.165) is 0 Å². The molecule has 208 valence electrons. The Morgan fingerprint density at radius 3 is 1.37 bits per heavy atom. The molecular formula is C30H18Cl6O4P+. The van der Waals surface area contributed by atoms with Gasteiger partial charge in [0.05, 0.1) is 46.8 Å². The van der Waals surface area contributed by atoms with Crippen LogP contribution in [0.4, 0.5) is 0 Å². The van der Waals surface area contributed by atoms with E-state index in [0.29, 0.717) is 18.4 Å². The molecule has 0 saturated heterocycles. The Morgan fingerprint density at radius 2 is 0.951 bits per heavy atom. The summed E-state index contributed by atoms with van der Waals surface area (Å²) in [6.45, 7) is 1.89. The normalized spacial score (nSPS) is 11.3. The van der Waals surface area contributed by atoms with E-state index in [-0.39, 0.29) is 63.3 Å². The van der Waals surface area contributed by atoms with Crippen LogP contribution in [0.3, 0.4) is 0 Å². The summed E-state index contributed by atoms with van der Waals surface area (Å²) in [6.07, 6.45) is 0.956. The van der Waals surface area contributed by atoms with Crippen molar-refractivity contribution in [1.29, 1.82) is 0 Å². The van der Waals surface area contributed by atoms with Crippen LogP contribution in [-0.2, 0) is 11.0 Å². The number of halogens is 6. The minimum atomic E-state index is -3.04. The third-order valence-electron chi connectivity index (χ3n) is 6.20. The molecule has 0 heterocycles. The molecule has 4 rings (SSSR count). The van der Waals surface area contributed by atoms with Gasteiger partial charge in [-0.2, -0.15) is 0 Å².